The van der Waals surface area contributed by atoms with Gasteiger partial charge in [-0.25, -0.2) is 0 Å². The molecule has 1 aliphatic carbocycles. The van der Waals surface area contributed by atoms with Crippen molar-refractivity contribution in [2.75, 3.05) is 0 Å². The molecule has 1 aliphatic rings. The largest absolute Gasteiger partial charge is 0.481 e. The van der Waals surface area contributed by atoms with Gasteiger partial charge in [-0.1, -0.05) is 13.3 Å². The van der Waals surface area contributed by atoms with Crippen molar-refractivity contribution in [2.24, 2.45) is 11.3 Å². The Hall–Kier alpha value is -0.970. The Kier molecular flexibility index (Phi) is 3.57. The van der Waals surface area contributed by atoms with Crippen molar-refractivity contribution in [3.8, 4) is 12.3 Å². The fraction of sp³-hybridized carbons (Fsp3) is 0.750. The lowest BCUT2D eigenvalue weighted by Crippen LogP contribution is -2.35. The van der Waals surface area contributed by atoms with Crippen LogP contribution in [-0.2, 0) is 4.79 Å². The summed E-state index contributed by atoms with van der Waals surface area (Å²) in [5.41, 5.74) is -0.611. The molecule has 1 rings (SSSR count). The molecule has 1 fully saturated rings. The van der Waals surface area contributed by atoms with Crippen LogP contribution in [0, 0.1) is 23.7 Å². The third-order valence-electron chi connectivity index (χ3n) is 3.53. The van der Waals surface area contributed by atoms with Gasteiger partial charge in [0.1, 0.15) is 0 Å². The lowest BCUT2D eigenvalue weighted by atomic mass is 9.68. The predicted molar refractivity (Wildman–Crippen MR) is 55.8 cm³/mol. The van der Waals surface area contributed by atoms with Crippen molar-refractivity contribution in [3.05, 3.63) is 0 Å². The minimum Gasteiger partial charge on any atom is -0.481 e. The quantitative estimate of drug-likeness (QED) is 0.701. The summed E-state index contributed by atoms with van der Waals surface area (Å²) in [5.74, 6) is 2.52. The van der Waals surface area contributed by atoms with E-state index in [0.717, 1.165) is 32.1 Å². The van der Waals surface area contributed by atoms with E-state index in [4.69, 9.17) is 6.42 Å². The minimum absolute atomic E-state index is 0.388. The van der Waals surface area contributed by atoms with Crippen LogP contribution in [0.1, 0.15) is 45.4 Å². The molecule has 2 nitrogen and oxygen atoms in total. The van der Waals surface area contributed by atoms with Crippen molar-refractivity contribution in [1.29, 1.82) is 0 Å². The summed E-state index contributed by atoms with van der Waals surface area (Å²) in [6, 6.07) is 0. The number of carboxylic acid groups (broad SMARTS) is 1. The van der Waals surface area contributed by atoms with Gasteiger partial charge in [-0.05, 0) is 31.6 Å². The molecule has 0 atom stereocenters. The zero-order chi connectivity index (χ0) is 10.6. The van der Waals surface area contributed by atoms with Crippen molar-refractivity contribution in [2.45, 2.75) is 45.4 Å². The molecule has 0 unspecified atom stereocenters. The van der Waals surface area contributed by atoms with E-state index in [9.17, 15) is 9.90 Å². The van der Waals surface area contributed by atoms with Crippen LogP contribution >= 0.6 is 0 Å². The topological polar surface area (TPSA) is 37.3 Å². The first-order chi connectivity index (χ1) is 6.64. The number of hydrogen-bond donors (Lipinski definition) is 1. The number of rotatable bonds is 3. The van der Waals surface area contributed by atoms with E-state index in [2.05, 4.69) is 12.8 Å². The van der Waals surface area contributed by atoms with Gasteiger partial charge in [0, 0.05) is 6.42 Å². The number of carboxylic acids is 1. The lowest BCUT2D eigenvalue weighted by Gasteiger charge is -2.35. The Morgan fingerprint density at radius 3 is 2.50 bits per heavy atom. The van der Waals surface area contributed by atoms with Crippen LogP contribution in [0.3, 0.4) is 0 Å². The number of aliphatic carboxylic acids is 1. The molecule has 0 bridgehead atoms. The van der Waals surface area contributed by atoms with Crippen LogP contribution in [0.15, 0.2) is 0 Å². The van der Waals surface area contributed by atoms with Crippen LogP contribution in [0.4, 0.5) is 0 Å². The van der Waals surface area contributed by atoms with Gasteiger partial charge in [0.25, 0.3) is 0 Å². The number of terminal acetylenes is 1. The summed E-state index contributed by atoms with van der Waals surface area (Å²) in [7, 11) is 0. The summed E-state index contributed by atoms with van der Waals surface area (Å²) < 4.78 is 0. The third-order valence-corrected chi connectivity index (χ3v) is 3.53. The van der Waals surface area contributed by atoms with Gasteiger partial charge in [-0.2, -0.15) is 0 Å². The van der Waals surface area contributed by atoms with Gasteiger partial charge in [-0.15, -0.1) is 12.3 Å². The zero-order valence-corrected chi connectivity index (χ0v) is 8.75. The molecule has 0 amide bonds. The van der Waals surface area contributed by atoms with Crippen molar-refractivity contribution >= 4 is 5.97 Å². The summed E-state index contributed by atoms with van der Waals surface area (Å²) in [6.45, 7) is 2.17. The fourth-order valence-corrected chi connectivity index (χ4v) is 2.30. The van der Waals surface area contributed by atoms with E-state index < -0.39 is 11.4 Å². The molecular weight excluding hydrogens is 176 g/mol. The van der Waals surface area contributed by atoms with E-state index in [0.29, 0.717) is 12.3 Å². The molecule has 0 aromatic carbocycles. The Bertz CT molecular complexity index is 242. The maximum atomic E-state index is 11.2. The van der Waals surface area contributed by atoms with Crippen LogP contribution in [0.25, 0.3) is 0 Å². The maximum Gasteiger partial charge on any atom is 0.310 e. The van der Waals surface area contributed by atoms with Gasteiger partial charge in [0.2, 0.25) is 0 Å². The minimum atomic E-state index is -0.704. The Morgan fingerprint density at radius 2 is 2.14 bits per heavy atom. The molecule has 2 heteroatoms. The Morgan fingerprint density at radius 1 is 1.57 bits per heavy atom. The van der Waals surface area contributed by atoms with E-state index in [-0.39, 0.29) is 0 Å². The molecule has 1 saturated carbocycles. The second-order valence-electron chi connectivity index (χ2n) is 4.32. The molecule has 0 spiro atoms. The summed E-state index contributed by atoms with van der Waals surface area (Å²) in [6.07, 6.45) is 10.3. The Labute approximate surface area is 85.7 Å². The van der Waals surface area contributed by atoms with Crippen molar-refractivity contribution in [3.63, 3.8) is 0 Å². The molecule has 0 radical (unpaired) electrons. The lowest BCUT2D eigenvalue weighted by molar-refractivity contribution is -0.151. The second kappa shape index (κ2) is 4.50. The first-order valence-corrected chi connectivity index (χ1v) is 5.31. The monoisotopic (exact) mass is 194 g/mol. The average Bonchev–Trinajstić information content (AvgIpc) is 2.19. The molecule has 0 aromatic rings. The highest BCUT2D eigenvalue weighted by molar-refractivity contribution is 5.75. The van der Waals surface area contributed by atoms with E-state index >= 15 is 0 Å². The standard InChI is InChI=1S/C12H18O2/c1-3-7-12(11(13)14)8-5-10(4-2)6-9-12/h1,10H,4-9H2,2H3,(H,13,14). The third kappa shape index (κ3) is 2.09. The fourth-order valence-electron chi connectivity index (χ4n) is 2.30. The molecule has 0 aromatic heterocycles. The second-order valence-corrected chi connectivity index (χ2v) is 4.32. The molecular formula is C12H18O2. The first-order valence-electron chi connectivity index (χ1n) is 5.31. The maximum absolute atomic E-state index is 11.2. The highest BCUT2D eigenvalue weighted by Gasteiger charge is 2.40. The van der Waals surface area contributed by atoms with Crippen molar-refractivity contribution in [1.82, 2.24) is 0 Å². The smallest absolute Gasteiger partial charge is 0.310 e. The summed E-state index contributed by atoms with van der Waals surface area (Å²) >= 11 is 0. The molecule has 78 valence electrons. The van der Waals surface area contributed by atoms with Crippen LogP contribution in [-0.4, -0.2) is 11.1 Å². The van der Waals surface area contributed by atoms with Gasteiger partial charge >= 0.3 is 5.97 Å². The number of hydrogen-bond acceptors (Lipinski definition) is 1. The normalized spacial score (nSPS) is 32.1. The predicted octanol–water partition coefficient (Wildman–Crippen LogP) is 2.68. The van der Waals surface area contributed by atoms with E-state index in [1.54, 1.807) is 0 Å². The molecule has 1 N–H and O–H groups in total. The first kappa shape index (κ1) is 11.1. The van der Waals surface area contributed by atoms with Gasteiger partial charge in [0.05, 0.1) is 5.41 Å². The molecule has 0 aliphatic heterocycles. The summed E-state index contributed by atoms with van der Waals surface area (Å²) in [5, 5.41) is 9.18. The molecule has 0 heterocycles. The average molecular weight is 194 g/mol. The van der Waals surface area contributed by atoms with E-state index in [1.165, 1.54) is 0 Å². The SMILES string of the molecule is C#CCC1(C(=O)O)CCC(CC)CC1. The van der Waals surface area contributed by atoms with Gasteiger partial charge in [-0.3, -0.25) is 4.79 Å². The van der Waals surface area contributed by atoms with Crippen molar-refractivity contribution < 1.29 is 9.90 Å². The molecule has 0 saturated heterocycles. The highest BCUT2D eigenvalue weighted by Crippen LogP contribution is 2.42. The summed E-state index contributed by atoms with van der Waals surface area (Å²) in [4.78, 5) is 11.2. The van der Waals surface area contributed by atoms with Crippen LogP contribution in [0.2, 0.25) is 0 Å². The Balaban J connectivity index is 2.65. The number of carbonyl (C=O) groups is 1. The molecule has 14 heavy (non-hydrogen) atoms. The van der Waals surface area contributed by atoms with Crippen LogP contribution < -0.4 is 0 Å². The van der Waals surface area contributed by atoms with Gasteiger partial charge < -0.3 is 5.11 Å². The highest BCUT2D eigenvalue weighted by atomic mass is 16.4. The van der Waals surface area contributed by atoms with Gasteiger partial charge in [0.15, 0.2) is 0 Å². The van der Waals surface area contributed by atoms with E-state index in [1.807, 2.05) is 0 Å². The zero-order valence-electron chi connectivity index (χ0n) is 8.75. The van der Waals surface area contributed by atoms with Crippen LogP contribution in [0.5, 0.6) is 0 Å².